The monoisotopic (exact) mass is 662 g/mol. The molecule has 0 aliphatic rings. The third-order valence-corrected chi connectivity index (χ3v) is 7.69. The molecule has 0 unspecified atom stereocenters. The normalized spacial score (nSPS) is 10.8. The highest BCUT2D eigenvalue weighted by Gasteiger charge is 2.10. The Morgan fingerprint density at radius 1 is 0.636 bits per heavy atom. The van der Waals surface area contributed by atoms with E-state index in [9.17, 15) is 4.79 Å². The molecule has 5 rings (SSSR count). The summed E-state index contributed by atoms with van der Waals surface area (Å²) < 4.78 is 11.4. The quantitative estimate of drug-likeness (QED) is 0.161. The number of aliphatic carboxylic acids is 1. The fourth-order valence-electron chi connectivity index (χ4n) is 4.76. The first kappa shape index (κ1) is 31.5. The van der Waals surface area contributed by atoms with Crippen molar-refractivity contribution in [2.24, 2.45) is 0 Å². The van der Waals surface area contributed by atoms with Crippen molar-refractivity contribution in [3.63, 3.8) is 0 Å². The molecule has 0 spiro atoms. The minimum Gasteiger partial charge on any atom is -0.489 e. The molecule has 0 saturated carbocycles. The van der Waals surface area contributed by atoms with E-state index >= 15 is 0 Å². The number of hydrogen-bond donors (Lipinski definition) is 1. The molecule has 0 fully saturated rings. The number of carboxylic acid groups (broad SMARTS) is 1. The minimum absolute atomic E-state index is 0.293. The number of carbonyl (C=O) groups is 1. The maximum Gasteiger partial charge on any atom is 0.341 e. The molecule has 0 aromatic heterocycles. The Balaban J connectivity index is 1.43. The van der Waals surface area contributed by atoms with Gasteiger partial charge < -0.3 is 14.6 Å². The minimum atomic E-state index is -1.03. The van der Waals surface area contributed by atoms with E-state index in [1.54, 1.807) is 24.3 Å². The van der Waals surface area contributed by atoms with Crippen LogP contribution in [0.3, 0.4) is 0 Å². The second-order valence-corrected chi connectivity index (χ2v) is 11.8. The SMILES string of the molecule is Cc1cc(OCC=C(c2ccc(-c3cc(Cl)cc(Cl)c3)cc2)c2ccc(-c3cc(Cl)cc(Cl)c3)cc2)ccc1OCC(=O)O. The van der Waals surface area contributed by atoms with Crippen LogP contribution in [0.5, 0.6) is 11.5 Å². The first-order valence-electron chi connectivity index (χ1n) is 13.6. The van der Waals surface area contributed by atoms with Gasteiger partial charge in [-0.3, -0.25) is 0 Å². The van der Waals surface area contributed by atoms with E-state index in [2.05, 4.69) is 24.3 Å². The summed E-state index contributed by atoms with van der Waals surface area (Å²) in [6, 6.07) is 32.6. The third-order valence-electron chi connectivity index (χ3n) is 6.82. The summed E-state index contributed by atoms with van der Waals surface area (Å²) in [5, 5.41) is 11.2. The Bertz CT molecular complexity index is 1690. The predicted octanol–water partition coefficient (Wildman–Crippen LogP) is 10.9. The zero-order chi connectivity index (χ0) is 31.2. The number of halogens is 4. The molecule has 1 N–H and O–H groups in total. The molecule has 8 heteroatoms. The molecule has 0 atom stereocenters. The summed E-state index contributed by atoms with van der Waals surface area (Å²) in [4.78, 5) is 10.8. The number of aryl methyl sites for hydroxylation is 1. The molecule has 0 radical (unpaired) electrons. The topological polar surface area (TPSA) is 55.8 Å². The van der Waals surface area contributed by atoms with E-state index in [4.69, 9.17) is 61.0 Å². The summed E-state index contributed by atoms with van der Waals surface area (Å²) in [6.07, 6.45) is 2.03. The summed E-state index contributed by atoms with van der Waals surface area (Å²) in [5.41, 5.74) is 7.59. The van der Waals surface area contributed by atoms with Gasteiger partial charge in [0.25, 0.3) is 0 Å². The lowest BCUT2D eigenvalue weighted by atomic mass is 9.94. The van der Waals surface area contributed by atoms with Gasteiger partial charge in [-0.2, -0.15) is 0 Å². The van der Waals surface area contributed by atoms with Crippen LogP contribution in [0.25, 0.3) is 27.8 Å². The Morgan fingerprint density at radius 3 is 1.55 bits per heavy atom. The van der Waals surface area contributed by atoms with Gasteiger partial charge in [-0.25, -0.2) is 4.79 Å². The average Bonchev–Trinajstić information content (AvgIpc) is 2.98. The van der Waals surface area contributed by atoms with Crippen LogP contribution in [-0.2, 0) is 4.79 Å². The van der Waals surface area contributed by atoms with Crippen LogP contribution in [0.4, 0.5) is 0 Å². The highest BCUT2D eigenvalue weighted by molar-refractivity contribution is 6.35. The highest BCUT2D eigenvalue weighted by atomic mass is 35.5. The van der Waals surface area contributed by atoms with Crippen LogP contribution in [-0.4, -0.2) is 24.3 Å². The van der Waals surface area contributed by atoms with Gasteiger partial charge in [0.05, 0.1) is 0 Å². The summed E-state index contributed by atoms with van der Waals surface area (Å²) in [7, 11) is 0. The van der Waals surface area contributed by atoms with E-state index in [1.165, 1.54) is 0 Å². The van der Waals surface area contributed by atoms with E-state index in [0.29, 0.717) is 38.2 Å². The van der Waals surface area contributed by atoms with Crippen LogP contribution < -0.4 is 9.47 Å². The lowest BCUT2D eigenvalue weighted by Crippen LogP contribution is -2.10. The number of ether oxygens (including phenoxy) is 2. The van der Waals surface area contributed by atoms with Gasteiger partial charge in [-0.1, -0.05) is 94.9 Å². The zero-order valence-electron chi connectivity index (χ0n) is 23.5. The molecule has 0 heterocycles. The standard InChI is InChI=1S/C36H26Cl4O4/c1-22-14-33(10-11-35(22)44-21-36(41)42)43-13-12-34(25-6-2-23(3-7-25)27-15-29(37)19-30(38)16-27)26-8-4-24(5-9-26)28-17-31(39)20-32(40)18-28/h2-12,14-20H,13,21H2,1H3,(H,41,42). The summed E-state index contributed by atoms with van der Waals surface area (Å²) >= 11 is 25.0. The Labute approximate surface area is 276 Å². The molecule has 0 aliphatic carbocycles. The molecule has 222 valence electrons. The van der Waals surface area contributed by atoms with Gasteiger partial charge in [0.15, 0.2) is 6.61 Å². The lowest BCUT2D eigenvalue weighted by molar-refractivity contribution is -0.139. The molecular formula is C36H26Cl4O4. The Kier molecular flexibility index (Phi) is 10.2. The summed E-state index contributed by atoms with van der Waals surface area (Å²) in [6.45, 7) is 1.73. The van der Waals surface area contributed by atoms with Crippen molar-refractivity contribution in [1.29, 1.82) is 0 Å². The number of hydrogen-bond acceptors (Lipinski definition) is 3. The van der Waals surface area contributed by atoms with Crippen molar-refractivity contribution in [3.8, 4) is 33.8 Å². The molecule has 0 saturated heterocycles. The number of benzene rings is 5. The maximum absolute atomic E-state index is 10.8. The largest absolute Gasteiger partial charge is 0.489 e. The molecule has 0 aliphatic heterocycles. The molecular weight excluding hydrogens is 638 g/mol. The third kappa shape index (κ3) is 8.16. The van der Waals surface area contributed by atoms with Gasteiger partial charge in [0.1, 0.15) is 18.1 Å². The molecule has 0 amide bonds. The number of rotatable bonds is 10. The first-order valence-corrected chi connectivity index (χ1v) is 15.1. The van der Waals surface area contributed by atoms with Gasteiger partial charge in [0, 0.05) is 20.1 Å². The molecule has 5 aromatic carbocycles. The van der Waals surface area contributed by atoms with Gasteiger partial charge in [-0.15, -0.1) is 0 Å². The Morgan fingerprint density at radius 2 is 1.11 bits per heavy atom. The van der Waals surface area contributed by atoms with Crippen molar-refractivity contribution in [3.05, 3.63) is 146 Å². The summed E-state index contributed by atoms with van der Waals surface area (Å²) in [5.74, 6) is 0.108. The van der Waals surface area contributed by atoms with E-state index < -0.39 is 12.6 Å². The van der Waals surface area contributed by atoms with Gasteiger partial charge >= 0.3 is 5.97 Å². The fourth-order valence-corrected chi connectivity index (χ4v) is 5.81. The lowest BCUT2D eigenvalue weighted by Gasteiger charge is -2.13. The van der Waals surface area contributed by atoms with Crippen molar-refractivity contribution >= 4 is 57.9 Å². The zero-order valence-corrected chi connectivity index (χ0v) is 26.5. The second kappa shape index (κ2) is 14.2. The molecule has 5 aromatic rings. The van der Waals surface area contributed by atoms with Crippen molar-refractivity contribution in [1.82, 2.24) is 0 Å². The average molecular weight is 664 g/mol. The highest BCUT2D eigenvalue weighted by Crippen LogP contribution is 2.33. The molecule has 44 heavy (non-hydrogen) atoms. The molecule has 0 bridgehead atoms. The van der Waals surface area contributed by atoms with Crippen LogP contribution in [0.1, 0.15) is 16.7 Å². The van der Waals surface area contributed by atoms with Crippen molar-refractivity contribution in [2.45, 2.75) is 6.92 Å². The smallest absolute Gasteiger partial charge is 0.341 e. The van der Waals surface area contributed by atoms with Crippen LogP contribution in [0.2, 0.25) is 20.1 Å². The first-order chi connectivity index (χ1) is 21.1. The number of carboxylic acids is 1. The molecule has 4 nitrogen and oxygen atoms in total. The maximum atomic E-state index is 10.8. The second-order valence-electron chi connectivity index (χ2n) is 10.0. The van der Waals surface area contributed by atoms with E-state index in [-0.39, 0.29) is 0 Å². The van der Waals surface area contributed by atoms with Crippen LogP contribution in [0, 0.1) is 6.92 Å². The van der Waals surface area contributed by atoms with Gasteiger partial charge in [0.2, 0.25) is 0 Å². The van der Waals surface area contributed by atoms with Crippen molar-refractivity contribution < 1.29 is 19.4 Å². The van der Waals surface area contributed by atoms with Crippen molar-refractivity contribution in [2.75, 3.05) is 13.2 Å². The van der Waals surface area contributed by atoms with E-state index in [0.717, 1.165) is 44.5 Å². The fraction of sp³-hybridized carbons (Fsp3) is 0.0833. The van der Waals surface area contributed by atoms with Gasteiger partial charge in [-0.05, 0) is 112 Å². The Hall–Kier alpha value is -3.93. The van der Waals surface area contributed by atoms with Crippen LogP contribution in [0.15, 0.2) is 109 Å². The predicted molar refractivity (Wildman–Crippen MR) is 181 cm³/mol. The van der Waals surface area contributed by atoms with E-state index in [1.807, 2.05) is 67.6 Å². The van der Waals surface area contributed by atoms with Crippen LogP contribution >= 0.6 is 46.4 Å².